The largest absolute Gasteiger partial charge is 1.00 e. The molecule has 1 aromatic rings. The minimum atomic E-state index is -4.62. The molecule has 0 aromatic heterocycles. The number of nitro groups is 1. The summed E-state index contributed by atoms with van der Waals surface area (Å²) in [5.41, 5.74) is -0.445. The first-order valence-corrected chi connectivity index (χ1v) is 5.01. The Bertz CT molecular complexity index is 488. The van der Waals surface area contributed by atoms with Crippen molar-refractivity contribution in [3.05, 3.63) is 33.3 Å². The molecule has 0 unspecified atom stereocenters. The van der Waals surface area contributed by atoms with Gasteiger partial charge >= 0.3 is 18.9 Å². The first-order chi connectivity index (χ1) is 6.32. The maximum absolute atomic E-state index is 10.5. The van der Waals surface area contributed by atoms with E-state index in [1.54, 1.807) is 0 Å². The first kappa shape index (κ1) is 14.4. The molecule has 6 nitrogen and oxygen atoms in total. The summed E-state index contributed by atoms with van der Waals surface area (Å²) in [6.45, 7) is 0. The van der Waals surface area contributed by atoms with Crippen molar-refractivity contribution in [3.63, 3.8) is 0 Å². The maximum atomic E-state index is 10.5. The molecule has 0 amide bonds. The van der Waals surface area contributed by atoms with Crippen LogP contribution in [0, 0.1) is 10.1 Å². The molecule has 0 fully saturated rings. The summed E-state index contributed by atoms with van der Waals surface area (Å²) in [4.78, 5) is 8.91. The van der Waals surface area contributed by atoms with Gasteiger partial charge in [-0.2, -0.15) is 0 Å². The second kappa shape index (κ2) is 4.96. The van der Waals surface area contributed by atoms with Crippen LogP contribution < -0.4 is 18.9 Å². The number of rotatable bonds is 2. The van der Waals surface area contributed by atoms with Crippen LogP contribution in [0.15, 0.2) is 23.1 Å². The van der Waals surface area contributed by atoms with Gasteiger partial charge in [-0.3, -0.25) is 10.1 Å². The van der Waals surface area contributed by atoms with Gasteiger partial charge in [0.05, 0.1) is 9.82 Å². The monoisotopic (exact) mass is 243 g/mol. The Labute approximate surface area is 102 Å². The molecule has 0 spiro atoms. The number of hydrogen-bond acceptors (Lipinski definition) is 5. The normalized spacial score (nSPS) is 10.5. The fraction of sp³-hybridized carbons (Fsp3) is 0. The van der Waals surface area contributed by atoms with E-state index >= 15 is 0 Å². The fourth-order valence-corrected chi connectivity index (χ4v) is 1.60. The summed E-state index contributed by atoms with van der Waals surface area (Å²) < 4.78 is 31.4. The molecule has 9 heteroatoms. The van der Waals surface area contributed by atoms with Crippen molar-refractivity contribution >= 4 is 27.4 Å². The van der Waals surface area contributed by atoms with Crippen LogP contribution in [0.1, 0.15) is 0 Å². The third-order valence-corrected chi connectivity index (χ3v) is 2.54. The smallest absolute Gasteiger partial charge is 0.744 e. The van der Waals surface area contributed by atoms with Crippen LogP contribution in [0.4, 0.5) is 5.69 Å². The summed E-state index contributed by atoms with van der Waals surface area (Å²) in [6.07, 6.45) is 0. The number of halogens is 1. The maximum Gasteiger partial charge on any atom is 1.00 e. The number of hydrogen-bond donors (Lipinski definition) is 0. The average Bonchev–Trinajstić information content (AvgIpc) is 2.01. The quantitative estimate of drug-likeness (QED) is 0.263. The van der Waals surface area contributed by atoms with Crippen LogP contribution in [-0.2, 0) is 10.1 Å². The van der Waals surface area contributed by atoms with Crippen LogP contribution >= 0.6 is 11.6 Å². The van der Waals surface area contributed by atoms with Crippen molar-refractivity contribution in [3.8, 4) is 0 Å². The summed E-state index contributed by atoms with van der Waals surface area (Å²) >= 11 is 5.39. The van der Waals surface area contributed by atoms with Crippen LogP contribution in [0.2, 0.25) is 5.02 Å². The summed E-state index contributed by atoms with van der Waals surface area (Å²) in [6, 6.07) is 2.46. The molecular formula is C6H3ClLiNO5S. The molecule has 0 aliphatic carbocycles. The van der Waals surface area contributed by atoms with Gasteiger partial charge in [-0.15, -0.1) is 0 Å². The van der Waals surface area contributed by atoms with E-state index in [0.717, 1.165) is 18.2 Å². The summed E-state index contributed by atoms with van der Waals surface area (Å²) in [5.74, 6) is 0. The molecule has 0 saturated heterocycles. The predicted molar refractivity (Wildman–Crippen MR) is 46.1 cm³/mol. The van der Waals surface area contributed by atoms with E-state index < -0.39 is 25.6 Å². The van der Waals surface area contributed by atoms with Gasteiger partial charge in [0.25, 0.3) is 5.69 Å². The van der Waals surface area contributed by atoms with Gasteiger partial charge in [0, 0.05) is 6.07 Å². The summed E-state index contributed by atoms with van der Waals surface area (Å²) in [5, 5.41) is 9.89. The Balaban J connectivity index is 0.00000196. The van der Waals surface area contributed by atoms with E-state index in [1.807, 2.05) is 0 Å². The van der Waals surface area contributed by atoms with Gasteiger partial charge in [0.1, 0.15) is 15.1 Å². The second-order valence-electron chi connectivity index (χ2n) is 2.32. The predicted octanol–water partition coefficient (Wildman–Crippen LogP) is -1.84. The topological polar surface area (TPSA) is 100 Å². The van der Waals surface area contributed by atoms with E-state index in [-0.39, 0.29) is 23.9 Å². The zero-order chi connectivity index (χ0) is 10.9. The Hall–Kier alpha value is -0.583. The van der Waals surface area contributed by atoms with Crippen LogP contribution in [0.3, 0.4) is 0 Å². The molecule has 0 saturated carbocycles. The van der Waals surface area contributed by atoms with Crippen LogP contribution in [-0.4, -0.2) is 17.9 Å². The number of nitrogens with zero attached hydrogens (tertiary/aromatic N) is 1. The molecule has 1 aromatic carbocycles. The van der Waals surface area contributed by atoms with E-state index in [0.29, 0.717) is 0 Å². The molecule has 0 radical (unpaired) electrons. The molecule has 0 atom stereocenters. The van der Waals surface area contributed by atoms with Gasteiger partial charge in [0.15, 0.2) is 0 Å². The van der Waals surface area contributed by atoms with Crippen LogP contribution in [0.5, 0.6) is 0 Å². The van der Waals surface area contributed by atoms with Gasteiger partial charge in [-0.1, -0.05) is 11.6 Å². The molecule has 0 aliphatic heterocycles. The molecule has 0 aliphatic rings. The average molecular weight is 244 g/mol. The van der Waals surface area contributed by atoms with Gasteiger partial charge < -0.3 is 4.55 Å². The number of nitro benzene ring substituents is 1. The Morgan fingerprint density at radius 2 is 1.87 bits per heavy atom. The van der Waals surface area contributed by atoms with Crippen molar-refractivity contribution in [2.24, 2.45) is 0 Å². The molecule has 0 N–H and O–H groups in total. The second-order valence-corrected chi connectivity index (χ2v) is 4.11. The minimum absolute atomic E-state index is 0. The van der Waals surface area contributed by atoms with Crippen molar-refractivity contribution in [2.75, 3.05) is 0 Å². The SMILES string of the molecule is O=[N+]([O-])c1ccc(S(=O)(=O)[O-])cc1Cl.[Li+]. The molecular weight excluding hydrogens is 241 g/mol. The van der Waals surface area contributed by atoms with E-state index in [9.17, 15) is 23.1 Å². The zero-order valence-corrected chi connectivity index (χ0v) is 9.08. The molecule has 0 bridgehead atoms. The van der Waals surface area contributed by atoms with Crippen molar-refractivity contribution < 1.29 is 36.8 Å². The standard InChI is InChI=1S/C6H4ClNO5S.Li/c7-5-3-4(14(11,12)13)1-2-6(5)8(9)10;/h1-3H,(H,11,12,13);/q;+1/p-1. The third-order valence-electron chi connectivity index (χ3n) is 1.40. The minimum Gasteiger partial charge on any atom is -0.744 e. The Morgan fingerprint density at radius 3 is 2.20 bits per heavy atom. The van der Waals surface area contributed by atoms with Gasteiger partial charge in [-0.05, 0) is 12.1 Å². The first-order valence-electron chi connectivity index (χ1n) is 3.22. The van der Waals surface area contributed by atoms with Crippen molar-refractivity contribution in [2.45, 2.75) is 4.90 Å². The molecule has 1 rings (SSSR count). The van der Waals surface area contributed by atoms with Gasteiger partial charge in [0.2, 0.25) is 0 Å². The van der Waals surface area contributed by atoms with E-state index in [4.69, 9.17) is 11.6 Å². The van der Waals surface area contributed by atoms with E-state index in [1.165, 1.54) is 0 Å². The molecule has 0 heterocycles. The van der Waals surface area contributed by atoms with E-state index in [2.05, 4.69) is 0 Å². The fourth-order valence-electron chi connectivity index (χ4n) is 0.791. The van der Waals surface area contributed by atoms with Crippen molar-refractivity contribution in [1.29, 1.82) is 0 Å². The Morgan fingerprint density at radius 1 is 1.33 bits per heavy atom. The molecule has 15 heavy (non-hydrogen) atoms. The zero-order valence-electron chi connectivity index (χ0n) is 7.51. The van der Waals surface area contributed by atoms with Crippen molar-refractivity contribution in [1.82, 2.24) is 0 Å². The number of benzene rings is 1. The van der Waals surface area contributed by atoms with Crippen LogP contribution in [0.25, 0.3) is 0 Å². The third kappa shape index (κ3) is 3.48. The molecule has 76 valence electrons. The summed E-state index contributed by atoms with van der Waals surface area (Å²) in [7, 11) is -4.62. The Kier molecular flexibility index (Phi) is 4.77. The van der Waals surface area contributed by atoms with Gasteiger partial charge in [-0.25, -0.2) is 8.42 Å².